The highest BCUT2D eigenvalue weighted by atomic mass is 16.4. The van der Waals surface area contributed by atoms with E-state index in [9.17, 15) is 4.79 Å². The Labute approximate surface area is 63.8 Å². The third-order valence-corrected chi connectivity index (χ3v) is 1.24. The third-order valence-electron chi connectivity index (χ3n) is 1.24. The van der Waals surface area contributed by atoms with Crippen molar-refractivity contribution in [3.63, 3.8) is 0 Å². The molecule has 2 N–H and O–H groups in total. The van der Waals surface area contributed by atoms with E-state index in [4.69, 9.17) is 10.2 Å². The van der Waals surface area contributed by atoms with Gasteiger partial charge in [-0.15, -0.1) is 5.10 Å². The largest absolute Gasteiger partial charge is 0.436 e. The van der Waals surface area contributed by atoms with Crippen LogP contribution in [-0.2, 0) is 12.6 Å². The van der Waals surface area contributed by atoms with Gasteiger partial charge < -0.3 is 10.2 Å². The van der Waals surface area contributed by atoms with E-state index in [0.29, 0.717) is 0 Å². The smallest absolute Gasteiger partial charge is 0.390 e. The number of nitrogens with two attached hydrogens (primary N) is 1. The second kappa shape index (κ2) is 2.20. The Kier molecular flexibility index (Phi) is 1.60. The van der Waals surface area contributed by atoms with Crippen LogP contribution in [0.4, 0.5) is 0 Å². The second-order valence-corrected chi connectivity index (χ2v) is 3.02. The molecule has 0 amide bonds. The van der Waals surface area contributed by atoms with Gasteiger partial charge in [-0.2, -0.15) is 4.68 Å². The first-order chi connectivity index (χ1) is 4.91. The molecule has 0 spiro atoms. The van der Waals surface area contributed by atoms with Crippen LogP contribution in [-0.4, -0.2) is 9.78 Å². The predicted octanol–water partition coefficient (Wildman–Crippen LogP) is -0.433. The molecule has 0 aliphatic heterocycles. The van der Waals surface area contributed by atoms with Gasteiger partial charge in [0.1, 0.15) is 0 Å². The molecule has 0 bridgehead atoms. The number of hydrogen-bond acceptors (Lipinski definition) is 4. The predicted molar refractivity (Wildman–Crippen MR) is 39.0 cm³/mol. The number of nitrogens with zero attached hydrogens (tertiary/aromatic N) is 2. The van der Waals surface area contributed by atoms with Crippen LogP contribution in [0.25, 0.3) is 0 Å². The lowest BCUT2D eigenvalue weighted by Crippen LogP contribution is -2.29. The summed E-state index contributed by atoms with van der Waals surface area (Å²) in [5.74, 6) is -0.233. The van der Waals surface area contributed by atoms with Crippen molar-refractivity contribution in [1.29, 1.82) is 0 Å². The van der Waals surface area contributed by atoms with Gasteiger partial charge in [0.2, 0.25) is 5.89 Å². The van der Waals surface area contributed by atoms with Crippen molar-refractivity contribution >= 4 is 0 Å². The van der Waals surface area contributed by atoms with E-state index in [1.54, 1.807) is 13.8 Å². The standard InChI is InChI=1S/C6H11N3O2/c1-6(2,7)4-8-9(3)5(10)11-4/h7H2,1-3H3. The molecule has 5 nitrogen and oxygen atoms in total. The van der Waals surface area contributed by atoms with E-state index in [-0.39, 0.29) is 5.89 Å². The highest BCUT2D eigenvalue weighted by molar-refractivity contribution is 4.92. The Balaban J connectivity index is 3.18. The molecule has 0 aromatic carbocycles. The average Bonchev–Trinajstić information content (AvgIpc) is 2.11. The van der Waals surface area contributed by atoms with E-state index in [1.165, 1.54) is 7.05 Å². The van der Waals surface area contributed by atoms with Crippen LogP contribution in [0.1, 0.15) is 19.7 Å². The summed E-state index contributed by atoms with van der Waals surface area (Å²) < 4.78 is 5.87. The van der Waals surface area contributed by atoms with Crippen LogP contribution in [0.2, 0.25) is 0 Å². The van der Waals surface area contributed by atoms with Crippen molar-refractivity contribution in [2.24, 2.45) is 12.8 Å². The molecule has 0 radical (unpaired) electrons. The summed E-state index contributed by atoms with van der Waals surface area (Å²) in [4.78, 5) is 10.8. The Morgan fingerprint density at radius 2 is 2.18 bits per heavy atom. The van der Waals surface area contributed by atoms with Crippen LogP contribution in [0.15, 0.2) is 9.21 Å². The number of aromatic nitrogens is 2. The Morgan fingerprint density at radius 3 is 2.36 bits per heavy atom. The lowest BCUT2D eigenvalue weighted by atomic mass is 10.1. The zero-order valence-electron chi connectivity index (χ0n) is 6.79. The maximum atomic E-state index is 10.8. The fourth-order valence-electron chi connectivity index (χ4n) is 0.607. The molecule has 0 aliphatic carbocycles. The van der Waals surface area contributed by atoms with Crippen LogP contribution < -0.4 is 11.5 Å². The first-order valence-corrected chi connectivity index (χ1v) is 3.25. The molecule has 1 aromatic rings. The first kappa shape index (κ1) is 8.00. The molecular weight excluding hydrogens is 146 g/mol. The molecule has 0 saturated carbocycles. The Morgan fingerprint density at radius 1 is 1.64 bits per heavy atom. The van der Waals surface area contributed by atoms with Gasteiger partial charge in [-0.05, 0) is 13.8 Å². The van der Waals surface area contributed by atoms with E-state index < -0.39 is 11.3 Å². The van der Waals surface area contributed by atoms with Crippen LogP contribution >= 0.6 is 0 Å². The molecule has 62 valence electrons. The molecule has 0 atom stereocenters. The lowest BCUT2D eigenvalue weighted by Gasteiger charge is -2.10. The topological polar surface area (TPSA) is 74.1 Å². The zero-order valence-corrected chi connectivity index (χ0v) is 6.79. The van der Waals surface area contributed by atoms with Gasteiger partial charge in [-0.25, -0.2) is 4.79 Å². The Hall–Kier alpha value is -1.10. The molecule has 0 fully saturated rings. The van der Waals surface area contributed by atoms with Gasteiger partial charge in [0, 0.05) is 7.05 Å². The number of aryl methyl sites for hydroxylation is 1. The molecule has 0 aliphatic rings. The zero-order chi connectivity index (χ0) is 8.65. The maximum absolute atomic E-state index is 10.8. The fraction of sp³-hybridized carbons (Fsp3) is 0.667. The highest BCUT2D eigenvalue weighted by Gasteiger charge is 2.21. The Bertz CT molecular complexity index is 304. The van der Waals surface area contributed by atoms with Crippen molar-refractivity contribution < 1.29 is 4.42 Å². The highest BCUT2D eigenvalue weighted by Crippen LogP contribution is 2.10. The van der Waals surface area contributed by atoms with Crippen LogP contribution in [0.3, 0.4) is 0 Å². The normalized spacial score (nSPS) is 12.0. The monoisotopic (exact) mass is 157 g/mol. The average molecular weight is 157 g/mol. The minimum Gasteiger partial charge on any atom is -0.390 e. The van der Waals surface area contributed by atoms with Crippen molar-refractivity contribution in [3.8, 4) is 0 Å². The van der Waals surface area contributed by atoms with Gasteiger partial charge in [-0.1, -0.05) is 0 Å². The minimum atomic E-state index is -0.694. The van der Waals surface area contributed by atoms with E-state index in [2.05, 4.69) is 5.10 Å². The van der Waals surface area contributed by atoms with Crippen molar-refractivity contribution in [2.75, 3.05) is 0 Å². The molecule has 1 aromatic heterocycles. The molecule has 11 heavy (non-hydrogen) atoms. The number of hydrogen-bond donors (Lipinski definition) is 1. The van der Waals surface area contributed by atoms with Crippen LogP contribution in [0.5, 0.6) is 0 Å². The summed E-state index contributed by atoms with van der Waals surface area (Å²) in [6.07, 6.45) is 0. The summed E-state index contributed by atoms with van der Waals surface area (Å²) in [6, 6.07) is 0. The quantitative estimate of drug-likeness (QED) is 0.600. The van der Waals surface area contributed by atoms with Gasteiger partial charge in [0.15, 0.2) is 0 Å². The van der Waals surface area contributed by atoms with Gasteiger partial charge in [0.25, 0.3) is 0 Å². The van der Waals surface area contributed by atoms with Gasteiger partial charge >= 0.3 is 5.76 Å². The SMILES string of the molecule is Cn1nc(C(C)(C)N)oc1=O. The summed E-state index contributed by atoms with van der Waals surface area (Å²) in [6.45, 7) is 3.44. The molecule has 0 saturated heterocycles. The molecule has 1 rings (SSSR count). The van der Waals surface area contributed by atoms with Crippen molar-refractivity contribution in [2.45, 2.75) is 19.4 Å². The van der Waals surface area contributed by atoms with Crippen molar-refractivity contribution in [1.82, 2.24) is 9.78 Å². The first-order valence-electron chi connectivity index (χ1n) is 3.25. The summed E-state index contributed by atoms with van der Waals surface area (Å²) in [5.41, 5.74) is 4.94. The van der Waals surface area contributed by atoms with E-state index >= 15 is 0 Å². The number of rotatable bonds is 1. The fourth-order valence-corrected chi connectivity index (χ4v) is 0.607. The van der Waals surface area contributed by atoms with E-state index in [1.807, 2.05) is 0 Å². The molecular formula is C6H11N3O2. The van der Waals surface area contributed by atoms with E-state index in [0.717, 1.165) is 4.68 Å². The van der Waals surface area contributed by atoms with Crippen molar-refractivity contribution in [3.05, 3.63) is 16.4 Å². The third kappa shape index (κ3) is 1.48. The summed E-state index contributed by atoms with van der Waals surface area (Å²) >= 11 is 0. The summed E-state index contributed by atoms with van der Waals surface area (Å²) in [7, 11) is 1.51. The van der Waals surface area contributed by atoms with Gasteiger partial charge in [-0.3, -0.25) is 0 Å². The second-order valence-electron chi connectivity index (χ2n) is 3.02. The van der Waals surface area contributed by atoms with Crippen LogP contribution in [0, 0.1) is 0 Å². The lowest BCUT2D eigenvalue weighted by molar-refractivity contribution is 0.362. The minimum absolute atomic E-state index is 0.255. The molecule has 5 heteroatoms. The van der Waals surface area contributed by atoms with Gasteiger partial charge in [0.05, 0.1) is 5.54 Å². The molecule has 1 heterocycles. The molecule has 0 unspecified atom stereocenters. The summed E-state index contributed by atoms with van der Waals surface area (Å²) in [5, 5.41) is 3.79. The maximum Gasteiger partial charge on any atom is 0.436 e.